The first-order valence-electron chi connectivity index (χ1n) is 5.96. The maximum Gasteiger partial charge on any atom is 0.242 e. The molecular weight excluding hydrogens is 222 g/mol. The first-order chi connectivity index (χ1) is 8.09. The van der Waals surface area contributed by atoms with Gasteiger partial charge in [-0.2, -0.15) is 0 Å². The van der Waals surface area contributed by atoms with E-state index in [4.69, 9.17) is 5.73 Å². The summed E-state index contributed by atoms with van der Waals surface area (Å²) in [6, 6.07) is -0.422. The minimum absolute atomic E-state index is 0.110. The molecule has 0 aromatic carbocycles. The second kappa shape index (κ2) is 4.73. The van der Waals surface area contributed by atoms with E-state index in [-0.39, 0.29) is 24.8 Å². The number of likely N-dealkylation sites (tertiary alicyclic amines) is 1. The van der Waals surface area contributed by atoms with Gasteiger partial charge in [-0.25, -0.2) is 0 Å². The van der Waals surface area contributed by atoms with Gasteiger partial charge in [0.15, 0.2) is 0 Å². The van der Waals surface area contributed by atoms with Crippen LogP contribution in [0.5, 0.6) is 0 Å². The van der Waals surface area contributed by atoms with E-state index in [1.54, 1.807) is 0 Å². The van der Waals surface area contributed by atoms with Gasteiger partial charge in [0.1, 0.15) is 6.04 Å². The molecule has 6 heteroatoms. The van der Waals surface area contributed by atoms with E-state index >= 15 is 0 Å². The van der Waals surface area contributed by atoms with E-state index in [1.807, 2.05) is 0 Å². The Hall–Kier alpha value is -1.59. The molecule has 2 saturated heterocycles. The van der Waals surface area contributed by atoms with Crippen LogP contribution in [0.3, 0.4) is 0 Å². The number of nitrogens with one attached hydrogen (secondary N) is 1. The van der Waals surface area contributed by atoms with Crippen molar-refractivity contribution in [1.82, 2.24) is 10.2 Å². The summed E-state index contributed by atoms with van der Waals surface area (Å²) in [5.41, 5.74) is 5.20. The molecule has 3 N–H and O–H groups in total. The van der Waals surface area contributed by atoms with Crippen LogP contribution in [0, 0.1) is 5.92 Å². The Labute approximate surface area is 99.5 Å². The zero-order valence-corrected chi connectivity index (χ0v) is 9.65. The van der Waals surface area contributed by atoms with Crippen LogP contribution in [0.1, 0.15) is 25.7 Å². The highest BCUT2D eigenvalue weighted by Gasteiger charge is 2.39. The molecule has 17 heavy (non-hydrogen) atoms. The first-order valence-corrected chi connectivity index (χ1v) is 5.96. The molecule has 6 nitrogen and oxygen atoms in total. The Morgan fingerprint density at radius 3 is 2.76 bits per heavy atom. The summed E-state index contributed by atoms with van der Waals surface area (Å²) in [6.07, 6.45) is 2.65. The second-order valence-corrected chi connectivity index (χ2v) is 4.65. The molecule has 2 unspecified atom stereocenters. The van der Waals surface area contributed by atoms with E-state index in [0.717, 1.165) is 12.8 Å². The van der Waals surface area contributed by atoms with Crippen LogP contribution in [-0.2, 0) is 14.4 Å². The number of primary amides is 1. The maximum absolute atomic E-state index is 11.8. The van der Waals surface area contributed by atoms with Crippen molar-refractivity contribution in [3.05, 3.63) is 0 Å². The van der Waals surface area contributed by atoms with Gasteiger partial charge in [0, 0.05) is 19.5 Å². The molecule has 2 heterocycles. The Morgan fingerprint density at radius 1 is 1.35 bits per heavy atom. The molecule has 2 rings (SSSR count). The average molecular weight is 239 g/mol. The van der Waals surface area contributed by atoms with Gasteiger partial charge in [-0.05, 0) is 19.3 Å². The predicted molar refractivity (Wildman–Crippen MR) is 59.7 cm³/mol. The van der Waals surface area contributed by atoms with Gasteiger partial charge in [-0.3, -0.25) is 14.4 Å². The lowest BCUT2D eigenvalue weighted by molar-refractivity contribution is -0.137. The normalized spacial score (nSPS) is 30.0. The van der Waals surface area contributed by atoms with E-state index < -0.39 is 17.9 Å². The topological polar surface area (TPSA) is 92.5 Å². The Kier molecular flexibility index (Phi) is 3.31. The molecule has 2 fully saturated rings. The van der Waals surface area contributed by atoms with Gasteiger partial charge >= 0.3 is 0 Å². The fourth-order valence-electron chi connectivity index (χ4n) is 2.44. The van der Waals surface area contributed by atoms with Crippen molar-refractivity contribution in [1.29, 1.82) is 0 Å². The fourth-order valence-corrected chi connectivity index (χ4v) is 2.44. The third kappa shape index (κ3) is 2.40. The van der Waals surface area contributed by atoms with E-state index in [9.17, 15) is 14.4 Å². The Bertz CT molecular complexity index is 356. The maximum atomic E-state index is 11.8. The number of carbonyl (C=O) groups is 3. The second-order valence-electron chi connectivity index (χ2n) is 4.65. The summed E-state index contributed by atoms with van der Waals surface area (Å²) in [6.45, 7) is 0.947. The summed E-state index contributed by atoms with van der Waals surface area (Å²) < 4.78 is 0. The van der Waals surface area contributed by atoms with Crippen LogP contribution in [0.2, 0.25) is 0 Å². The van der Waals surface area contributed by atoms with Crippen molar-refractivity contribution < 1.29 is 14.4 Å². The molecule has 0 bridgehead atoms. The highest BCUT2D eigenvalue weighted by molar-refractivity contribution is 5.92. The zero-order chi connectivity index (χ0) is 12.4. The third-order valence-corrected chi connectivity index (χ3v) is 3.44. The minimum Gasteiger partial charge on any atom is -0.369 e. The highest BCUT2D eigenvalue weighted by Crippen LogP contribution is 2.23. The van der Waals surface area contributed by atoms with Crippen LogP contribution in [0.25, 0.3) is 0 Å². The predicted octanol–water partition coefficient (Wildman–Crippen LogP) is -1.01. The number of rotatable bonds is 2. The molecule has 2 aliphatic heterocycles. The van der Waals surface area contributed by atoms with Crippen molar-refractivity contribution in [2.75, 3.05) is 13.1 Å². The van der Waals surface area contributed by atoms with E-state index in [1.165, 1.54) is 4.90 Å². The number of nitrogens with two attached hydrogens (primary N) is 1. The summed E-state index contributed by atoms with van der Waals surface area (Å²) in [5, 5.41) is 2.79. The smallest absolute Gasteiger partial charge is 0.242 e. The van der Waals surface area contributed by atoms with Gasteiger partial charge in [-0.15, -0.1) is 0 Å². The van der Waals surface area contributed by atoms with E-state index in [0.29, 0.717) is 13.0 Å². The Balaban J connectivity index is 2.08. The van der Waals surface area contributed by atoms with Crippen molar-refractivity contribution in [3.8, 4) is 0 Å². The number of nitrogens with zero attached hydrogens (tertiary/aromatic N) is 1. The number of hydrogen-bond acceptors (Lipinski definition) is 3. The van der Waals surface area contributed by atoms with Crippen molar-refractivity contribution in [3.63, 3.8) is 0 Å². The number of carbonyl (C=O) groups excluding carboxylic acids is 3. The first kappa shape index (κ1) is 11.9. The summed E-state index contributed by atoms with van der Waals surface area (Å²) in [7, 11) is 0. The molecule has 0 radical (unpaired) electrons. The molecular formula is C11H17N3O3. The molecule has 0 saturated carbocycles. The molecule has 2 atom stereocenters. The van der Waals surface area contributed by atoms with Gasteiger partial charge < -0.3 is 16.0 Å². The molecule has 94 valence electrons. The SMILES string of the molecule is NC(=O)C1CC(=O)N(C2CCCCNC2=O)C1. The van der Waals surface area contributed by atoms with Crippen LogP contribution in [-0.4, -0.2) is 41.8 Å². The highest BCUT2D eigenvalue weighted by atomic mass is 16.2. The van der Waals surface area contributed by atoms with Crippen molar-refractivity contribution in [2.24, 2.45) is 11.7 Å². The van der Waals surface area contributed by atoms with Gasteiger partial charge in [0.05, 0.1) is 5.92 Å². The van der Waals surface area contributed by atoms with Gasteiger partial charge in [0.25, 0.3) is 0 Å². The largest absolute Gasteiger partial charge is 0.369 e. The van der Waals surface area contributed by atoms with Crippen LogP contribution < -0.4 is 11.1 Å². The van der Waals surface area contributed by atoms with Crippen LogP contribution in [0.4, 0.5) is 0 Å². The molecule has 2 aliphatic rings. The zero-order valence-electron chi connectivity index (χ0n) is 9.65. The third-order valence-electron chi connectivity index (χ3n) is 3.44. The Morgan fingerprint density at radius 2 is 2.12 bits per heavy atom. The molecule has 0 aliphatic carbocycles. The standard InChI is InChI=1S/C11H17N3O3/c12-10(16)7-5-9(15)14(6-7)8-3-1-2-4-13-11(8)17/h7-8H,1-6H2,(H2,12,16)(H,13,17). The van der Waals surface area contributed by atoms with Crippen molar-refractivity contribution in [2.45, 2.75) is 31.7 Å². The van der Waals surface area contributed by atoms with Crippen LogP contribution in [0.15, 0.2) is 0 Å². The summed E-state index contributed by atoms with van der Waals surface area (Å²) in [5.74, 6) is -1.16. The average Bonchev–Trinajstić information content (AvgIpc) is 2.53. The number of amides is 3. The molecule has 3 amide bonds. The minimum atomic E-state index is -0.463. The quantitative estimate of drug-likeness (QED) is 0.646. The molecule has 0 spiro atoms. The summed E-state index contributed by atoms with van der Waals surface area (Å²) >= 11 is 0. The molecule has 0 aromatic heterocycles. The lowest BCUT2D eigenvalue weighted by Gasteiger charge is -2.25. The fraction of sp³-hybridized carbons (Fsp3) is 0.727. The van der Waals surface area contributed by atoms with Gasteiger partial charge in [-0.1, -0.05) is 0 Å². The number of hydrogen-bond donors (Lipinski definition) is 2. The van der Waals surface area contributed by atoms with Crippen molar-refractivity contribution >= 4 is 17.7 Å². The lowest BCUT2D eigenvalue weighted by Crippen LogP contribution is -2.46. The van der Waals surface area contributed by atoms with E-state index in [2.05, 4.69) is 5.32 Å². The lowest BCUT2D eigenvalue weighted by atomic mass is 10.1. The van der Waals surface area contributed by atoms with Gasteiger partial charge in [0.2, 0.25) is 17.7 Å². The summed E-state index contributed by atoms with van der Waals surface area (Å²) in [4.78, 5) is 36.2. The van der Waals surface area contributed by atoms with Crippen LogP contribution >= 0.6 is 0 Å². The molecule has 0 aromatic rings. The monoisotopic (exact) mass is 239 g/mol.